The van der Waals surface area contributed by atoms with Crippen LogP contribution in [0.2, 0.25) is 0 Å². The monoisotopic (exact) mass is 387 g/mol. The molecule has 5 heteroatoms. The lowest BCUT2D eigenvalue weighted by Crippen LogP contribution is -2.45. The summed E-state index contributed by atoms with van der Waals surface area (Å²) in [6.45, 7) is 14.1. The Morgan fingerprint density at radius 3 is 2.57 bits per heavy atom. The third kappa shape index (κ3) is 4.95. The van der Waals surface area contributed by atoms with Gasteiger partial charge in [0.05, 0.1) is 6.61 Å². The molecule has 0 spiro atoms. The van der Waals surface area contributed by atoms with Crippen LogP contribution in [0, 0.1) is 19.8 Å². The molecule has 3 rings (SSSR count). The van der Waals surface area contributed by atoms with Crippen LogP contribution in [0.25, 0.3) is 0 Å². The number of likely N-dealkylation sites (tertiary alicyclic amines) is 1. The van der Waals surface area contributed by atoms with Gasteiger partial charge in [0.1, 0.15) is 12.4 Å². The molecular weight excluding hydrogens is 354 g/mol. The molecule has 1 unspecified atom stereocenters. The maximum atomic E-state index is 12.7. The fraction of sp³-hybridized carbons (Fsp3) is 0.609. The third-order valence-corrected chi connectivity index (χ3v) is 5.75. The first-order valence-corrected chi connectivity index (χ1v) is 10.2. The van der Waals surface area contributed by atoms with E-state index in [2.05, 4.69) is 32.6 Å². The molecule has 0 radical (unpaired) electrons. The van der Waals surface area contributed by atoms with E-state index in [1.807, 2.05) is 18.7 Å². The van der Waals surface area contributed by atoms with Crippen LogP contribution in [0.15, 0.2) is 24.8 Å². The molecule has 1 aromatic rings. The van der Waals surface area contributed by atoms with E-state index in [0.717, 1.165) is 38.1 Å². The highest BCUT2D eigenvalue weighted by atomic mass is 16.7. The lowest BCUT2D eigenvalue weighted by atomic mass is 9.88. The van der Waals surface area contributed by atoms with Crippen LogP contribution >= 0.6 is 0 Å². The summed E-state index contributed by atoms with van der Waals surface area (Å²) in [5, 5.41) is 0. The maximum absolute atomic E-state index is 12.7. The van der Waals surface area contributed by atoms with Crippen molar-refractivity contribution in [2.45, 2.75) is 58.8 Å². The first-order chi connectivity index (χ1) is 13.3. The molecule has 28 heavy (non-hydrogen) atoms. The predicted octanol–water partition coefficient (Wildman–Crippen LogP) is 3.80. The van der Waals surface area contributed by atoms with Crippen molar-refractivity contribution in [3.05, 3.63) is 41.5 Å². The minimum Gasteiger partial charge on any atom is -0.489 e. The molecule has 154 valence electrons. The van der Waals surface area contributed by atoms with Crippen LogP contribution in [-0.4, -0.2) is 49.0 Å². The van der Waals surface area contributed by atoms with Gasteiger partial charge in [-0.1, -0.05) is 18.7 Å². The zero-order valence-electron chi connectivity index (χ0n) is 17.6. The van der Waals surface area contributed by atoms with Crippen molar-refractivity contribution in [3.8, 4) is 5.75 Å². The van der Waals surface area contributed by atoms with E-state index < -0.39 is 11.9 Å². The van der Waals surface area contributed by atoms with E-state index in [4.69, 9.17) is 14.2 Å². The van der Waals surface area contributed by atoms with Gasteiger partial charge in [-0.05, 0) is 75.6 Å². The zero-order chi connectivity index (χ0) is 20.3. The summed E-state index contributed by atoms with van der Waals surface area (Å²) in [4.78, 5) is 14.6. The summed E-state index contributed by atoms with van der Waals surface area (Å²) in [5.74, 6) is 0.906. The lowest BCUT2D eigenvalue weighted by Gasteiger charge is -2.33. The van der Waals surface area contributed by atoms with E-state index >= 15 is 0 Å². The highest BCUT2D eigenvalue weighted by Crippen LogP contribution is 2.30. The highest BCUT2D eigenvalue weighted by Gasteiger charge is 2.39. The molecule has 1 amide bonds. The molecule has 0 N–H and O–H groups in total. The SMILES string of the molecule is C=CCOc1cc(C)c(C)cc1CC1CCN(C(=O)C2COC(C)(C)O2)CC1. The number of ether oxygens (including phenoxy) is 3. The number of nitrogens with zero attached hydrogens (tertiary/aromatic N) is 1. The van der Waals surface area contributed by atoms with Crippen molar-refractivity contribution >= 4 is 5.91 Å². The number of hydrogen-bond acceptors (Lipinski definition) is 4. The molecule has 2 saturated heterocycles. The zero-order valence-corrected chi connectivity index (χ0v) is 17.6. The van der Waals surface area contributed by atoms with Gasteiger partial charge < -0.3 is 19.1 Å². The number of hydrogen-bond donors (Lipinski definition) is 0. The molecule has 0 bridgehead atoms. The number of aryl methyl sites for hydroxylation is 2. The van der Waals surface area contributed by atoms with Crippen LogP contribution < -0.4 is 4.74 Å². The van der Waals surface area contributed by atoms with E-state index in [1.54, 1.807) is 6.08 Å². The van der Waals surface area contributed by atoms with Gasteiger partial charge in [0, 0.05) is 13.1 Å². The molecule has 2 heterocycles. The Hall–Kier alpha value is -1.85. The van der Waals surface area contributed by atoms with Gasteiger partial charge in [-0.2, -0.15) is 0 Å². The van der Waals surface area contributed by atoms with Crippen LogP contribution in [-0.2, 0) is 20.7 Å². The van der Waals surface area contributed by atoms with Crippen molar-refractivity contribution < 1.29 is 19.0 Å². The maximum Gasteiger partial charge on any atom is 0.254 e. The number of benzene rings is 1. The second-order valence-electron chi connectivity index (χ2n) is 8.43. The normalized spacial score (nSPS) is 22.3. The largest absolute Gasteiger partial charge is 0.489 e. The summed E-state index contributed by atoms with van der Waals surface area (Å²) >= 11 is 0. The molecule has 2 aliphatic heterocycles. The molecule has 0 aliphatic carbocycles. The first-order valence-electron chi connectivity index (χ1n) is 10.2. The smallest absolute Gasteiger partial charge is 0.254 e. The molecule has 1 atom stereocenters. The molecule has 2 aliphatic rings. The van der Waals surface area contributed by atoms with Crippen LogP contribution in [0.3, 0.4) is 0 Å². The minimum atomic E-state index is -0.663. The Balaban J connectivity index is 1.58. The third-order valence-electron chi connectivity index (χ3n) is 5.75. The second-order valence-corrected chi connectivity index (χ2v) is 8.43. The van der Waals surface area contributed by atoms with Crippen LogP contribution in [0.4, 0.5) is 0 Å². The van der Waals surface area contributed by atoms with Crippen LogP contribution in [0.5, 0.6) is 5.75 Å². The van der Waals surface area contributed by atoms with E-state index in [0.29, 0.717) is 19.1 Å². The Kier molecular flexibility index (Phi) is 6.46. The fourth-order valence-electron chi connectivity index (χ4n) is 3.97. The van der Waals surface area contributed by atoms with Gasteiger partial charge in [0.25, 0.3) is 5.91 Å². The Labute approximate surface area is 168 Å². The van der Waals surface area contributed by atoms with Gasteiger partial charge >= 0.3 is 0 Å². The topological polar surface area (TPSA) is 48.0 Å². The molecule has 5 nitrogen and oxygen atoms in total. The second kappa shape index (κ2) is 8.66. The standard InChI is InChI=1S/C23H33NO4/c1-6-11-26-20-13-17(3)16(2)12-19(20)14-18-7-9-24(10-8-18)22(25)21-15-27-23(4,5)28-21/h6,12-13,18,21H,1,7-11,14-15H2,2-5H3. The summed E-state index contributed by atoms with van der Waals surface area (Å²) < 4.78 is 17.2. The number of rotatable bonds is 6. The van der Waals surface area contributed by atoms with Crippen molar-refractivity contribution in [1.29, 1.82) is 0 Å². The van der Waals surface area contributed by atoms with E-state index in [1.165, 1.54) is 16.7 Å². The van der Waals surface area contributed by atoms with E-state index in [-0.39, 0.29) is 5.91 Å². The first kappa shape index (κ1) is 20.9. The molecular formula is C23H33NO4. The van der Waals surface area contributed by atoms with Crippen molar-refractivity contribution in [2.24, 2.45) is 5.92 Å². The Morgan fingerprint density at radius 2 is 1.96 bits per heavy atom. The molecule has 1 aromatic carbocycles. The Morgan fingerprint density at radius 1 is 1.29 bits per heavy atom. The highest BCUT2D eigenvalue weighted by molar-refractivity contribution is 5.81. The number of amides is 1. The van der Waals surface area contributed by atoms with Gasteiger partial charge in [0.2, 0.25) is 0 Å². The van der Waals surface area contributed by atoms with Crippen LogP contribution in [0.1, 0.15) is 43.4 Å². The summed E-state index contributed by atoms with van der Waals surface area (Å²) in [5.41, 5.74) is 3.78. The summed E-state index contributed by atoms with van der Waals surface area (Å²) in [6, 6.07) is 4.38. The number of carbonyl (C=O) groups is 1. The molecule has 0 aromatic heterocycles. The van der Waals surface area contributed by atoms with Crippen molar-refractivity contribution in [1.82, 2.24) is 4.90 Å². The van der Waals surface area contributed by atoms with Gasteiger partial charge in [-0.25, -0.2) is 0 Å². The average molecular weight is 388 g/mol. The molecule has 0 saturated carbocycles. The summed E-state index contributed by atoms with van der Waals surface area (Å²) in [6.07, 6.45) is 4.28. The number of carbonyl (C=O) groups excluding carboxylic acids is 1. The molecule has 2 fully saturated rings. The lowest BCUT2D eigenvalue weighted by molar-refractivity contribution is -0.161. The summed E-state index contributed by atoms with van der Waals surface area (Å²) in [7, 11) is 0. The number of piperidine rings is 1. The minimum absolute atomic E-state index is 0.0604. The van der Waals surface area contributed by atoms with Gasteiger partial charge in [-0.3, -0.25) is 4.79 Å². The van der Waals surface area contributed by atoms with Crippen molar-refractivity contribution in [2.75, 3.05) is 26.3 Å². The average Bonchev–Trinajstić information content (AvgIpc) is 3.03. The van der Waals surface area contributed by atoms with Crippen molar-refractivity contribution in [3.63, 3.8) is 0 Å². The van der Waals surface area contributed by atoms with E-state index in [9.17, 15) is 4.79 Å². The van der Waals surface area contributed by atoms with Gasteiger partial charge in [-0.15, -0.1) is 0 Å². The van der Waals surface area contributed by atoms with Gasteiger partial charge in [0.15, 0.2) is 11.9 Å². The fourth-order valence-corrected chi connectivity index (χ4v) is 3.97. The Bertz CT molecular complexity index is 720. The predicted molar refractivity (Wildman–Crippen MR) is 110 cm³/mol. The quantitative estimate of drug-likeness (QED) is 0.697.